The lowest BCUT2D eigenvalue weighted by Crippen LogP contribution is -2.30. The van der Waals surface area contributed by atoms with E-state index in [9.17, 15) is 43.2 Å². The lowest BCUT2D eigenvalue weighted by molar-refractivity contribution is -0.161. The van der Waals surface area contributed by atoms with Crippen LogP contribution in [0.3, 0.4) is 0 Å². The molecule has 0 bridgehead atoms. The number of hydrogen-bond donors (Lipinski definition) is 3. The van der Waals surface area contributed by atoms with Crippen LogP contribution >= 0.6 is 15.6 Å². The van der Waals surface area contributed by atoms with Gasteiger partial charge in [0.15, 0.2) is 12.2 Å². The summed E-state index contributed by atoms with van der Waals surface area (Å²) in [5, 5.41) is 10.6. The fourth-order valence-corrected chi connectivity index (χ4v) is 12.7. The van der Waals surface area contributed by atoms with Crippen molar-refractivity contribution >= 4 is 39.5 Å². The van der Waals surface area contributed by atoms with E-state index in [0.717, 1.165) is 108 Å². The van der Waals surface area contributed by atoms with E-state index in [0.29, 0.717) is 31.6 Å². The van der Waals surface area contributed by atoms with Crippen LogP contribution in [0.15, 0.2) is 0 Å². The highest BCUT2D eigenvalue weighted by Gasteiger charge is 2.30. The predicted octanol–water partition coefficient (Wildman–Crippen LogP) is 21.0. The molecule has 0 saturated carbocycles. The molecule has 0 aliphatic rings. The predicted molar refractivity (Wildman–Crippen MR) is 372 cm³/mol. The number of carbonyl (C=O) groups is 4. The number of phosphoric acid groups is 2. The van der Waals surface area contributed by atoms with Crippen molar-refractivity contribution in [1.29, 1.82) is 0 Å². The van der Waals surface area contributed by atoms with Gasteiger partial charge in [-0.05, 0) is 43.4 Å². The maximum Gasteiger partial charge on any atom is 0.472 e. The average molecular weight is 1350 g/mol. The molecule has 546 valence electrons. The molecule has 3 N–H and O–H groups in total. The summed E-state index contributed by atoms with van der Waals surface area (Å²) in [5.74, 6) is 0.124. The number of unbranched alkanes of at least 4 members (excludes halogenated alkanes) is 39. The molecule has 0 saturated heterocycles. The van der Waals surface area contributed by atoms with E-state index in [4.69, 9.17) is 37.0 Å². The molecule has 92 heavy (non-hydrogen) atoms. The van der Waals surface area contributed by atoms with Crippen LogP contribution in [0.1, 0.15) is 370 Å². The van der Waals surface area contributed by atoms with Gasteiger partial charge >= 0.3 is 39.5 Å². The molecule has 0 amide bonds. The monoisotopic (exact) mass is 1350 g/mol. The van der Waals surface area contributed by atoms with Crippen molar-refractivity contribution in [2.45, 2.75) is 388 Å². The number of aliphatic hydroxyl groups excluding tert-OH is 1. The second-order valence-electron chi connectivity index (χ2n) is 27.8. The van der Waals surface area contributed by atoms with Crippen LogP contribution in [-0.2, 0) is 65.4 Å². The molecule has 5 atom stereocenters. The van der Waals surface area contributed by atoms with Crippen LogP contribution in [0.4, 0.5) is 0 Å². The summed E-state index contributed by atoms with van der Waals surface area (Å²) < 4.78 is 68.3. The van der Waals surface area contributed by atoms with Crippen molar-refractivity contribution in [2.75, 3.05) is 39.6 Å². The van der Waals surface area contributed by atoms with Gasteiger partial charge in [-0.25, -0.2) is 9.13 Å². The third-order valence-electron chi connectivity index (χ3n) is 16.9. The minimum absolute atomic E-state index is 0.106. The van der Waals surface area contributed by atoms with Gasteiger partial charge in [0, 0.05) is 25.7 Å². The van der Waals surface area contributed by atoms with Gasteiger partial charge in [-0.15, -0.1) is 0 Å². The second kappa shape index (κ2) is 63.8. The van der Waals surface area contributed by atoms with Gasteiger partial charge < -0.3 is 33.8 Å². The van der Waals surface area contributed by atoms with E-state index >= 15 is 0 Å². The zero-order chi connectivity index (χ0) is 68.0. The Hall–Kier alpha value is -1.94. The Morgan fingerprint density at radius 2 is 0.500 bits per heavy atom. The molecule has 17 nitrogen and oxygen atoms in total. The first-order valence-electron chi connectivity index (χ1n) is 37.8. The fourth-order valence-electron chi connectivity index (χ4n) is 11.1. The highest BCUT2D eigenvalue weighted by atomic mass is 31.2. The van der Waals surface area contributed by atoms with Crippen LogP contribution in [0.25, 0.3) is 0 Å². The number of ether oxygens (including phenoxy) is 4. The Kier molecular flexibility index (Phi) is 62.4. The summed E-state index contributed by atoms with van der Waals surface area (Å²) in [4.78, 5) is 72.6. The summed E-state index contributed by atoms with van der Waals surface area (Å²) in [6.45, 7) is 11.8. The molecule has 0 aliphatic heterocycles. The van der Waals surface area contributed by atoms with Crippen LogP contribution in [0.5, 0.6) is 0 Å². The van der Waals surface area contributed by atoms with E-state index in [1.54, 1.807) is 0 Å². The lowest BCUT2D eigenvalue weighted by atomic mass is 10.0. The number of rotatable bonds is 71. The number of esters is 4. The summed E-state index contributed by atoms with van der Waals surface area (Å²) in [6.07, 6.45) is 48.7. The van der Waals surface area contributed by atoms with E-state index in [1.807, 2.05) is 0 Å². The Bertz CT molecular complexity index is 1800. The van der Waals surface area contributed by atoms with Gasteiger partial charge in [-0.2, -0.15) is 0 Å². The van der Waals surface area contributed by atoms with Crippen molar-refractivity contribution in [2.24, 2.45) is 17.8 Å². The van der Waals surface area contributed by atoms with Gasteiger partial charge in [0.05, 0.1) is 26.4 Å². The van der Waals surface area contributed by atoms with Crippen LogP contribution in [0, 0.1) is 17.8 Å². The fraction of sp³-hybridized carbons (Fsp3) is 0.945. The normalized spacial score (nSPS) is 14.1. The number of phosphoric ester groups is 2. The SMILES string of the molecule is CCCCCCCCCCCCCC(=O)O[C@H](COC(=O)CCCCCCCCC(C)C)COP(=O)(O)OC[C@H](O)COP(=O)(O)OC[C@@H](COC(=O)CCCCCCCCCCCCC(C)C)OC(=O)CCCCCCCCCCCCCCCCCCC(C)C. The molecule has 0 aromatic carbocycles. The van der Waals surface area contributed by atoms with Gasteiger partial charge in [-0.1, -0.05) is 318 Å². The first-order chi connectivity index (χ1) is 44.2. The molecular weight excluding hydrogens is 1210 g/mol. The quantitative estimate of drug-likeness (QED) is 0.0222. The molecule has 0 aliphatic carbocycles. The number of hydrogen-bond acceptors (Lipinski definition) is 15. The summed E-state index contributed by atoms with van der Waals surface area (Å²) in [5.41, 5.74) is 0. The van der Waals surface area contributed by atoms with E-state index < -0.39 is 97.5 Å². The smallest absolute Gasteiger partial charge is 0.462 e. The minimum atomic E-state index is -4.95. The standard InChI is InChI=1S/C73H142O17P2/c1-8-9-10-11-12-13-20-28-33-42-49-56-72(77)90-69(61-84-71(76)55-48-41-36-35-39-46-53-66(6)7)63-88-92(81,82)86-59-67(74)58-85-91(79,80)87-62-68(60-83-70(75)54-47-40-32-27-24-23-26-31-38-45-52-65(4)5)89-73(78)57-50-43-34-29-22-19-17-15-14-16-18-21-25-30-37-44-51-64(2)3/h64-69,74H,8-63H2,1-7H3,(H,79,80)(H,81,82)/t67-,68-,69-/m1/s1. The van der Waals surface area contributed by atoms with Gasteiger partial charge in [0.25, 0.3) is 0 Å². The van der Waals surface area contributed by atoms with Gasteiger partial charge in [0.1, 0.15) is 19.3 Å². The van der Waals surface area contributed by atoms with Crippen molar-refractivity contribution in [3.05, 3.63) is 0 Å². The lowest BCUT2D eigenvalue weighted by Gasteiger charge is -2.21. The largest absolute Gasteiger partial charge is 0.472 e. The molecule has 0 aromatic rings. The maximum atomic E-state index is 13.1. The Labute approximate surface area is 562 Å². The molecule has 0 rings (SSSR count). The highest BCUT2D eigenvalue weighted by molar-refractivity contribution is 7.47. The number of carbonyl (C=O) groups excluding carboxylic acids is 4. The van der Waals surface area contributed by atoms with Crippen molar-refractivity contribution < 1.29 is 80.2 Å². The molecule has 2 unspecified atom stereocenters. The third-order valence-corrected chi connectivity index (χ3v) is 18.8. The van der Waals surface area contributed by atoms with Crippen LogP contribution in [-0.4, -0.2) is 96.7 Å². The van der Waals surface area contributed by atoms with Crippen molar-refractivity contribution in [3.8, 4) is 0 Å². The van der Waals surface area contributed by atoms with E-state index in [-0.39, 0.29) is 25.7 Å². The molecule has 0 radical (unpaired) electrons. The molecule has 0 heterocycles. The van der Waals surface area contributed by atoms with Gasteiger partial charge in [-0.3, -0.25) is 37.3 Å². The molecular formula is C73H142O17P2. The Morgan fingerprint density at radius 1 is 0.293 bits per heavy atom. The first-order valence-corrected chi connectivity index (χ1v) is 40.8. The minimum Gasteiger partial charge on any atom is -0.462 e. The first kappa shape index (κ1) is 90.1. The van der Waals surface area contributed by atoms with Crippen LogP contribution in [0.2, 0.25) is 0 Å². The Balaban J connectivity index is 5.21. The molecule has 0 spiro atoms. The summed E-state index contributed by atoms with van der Waals surface area (Å²) >= 11 is 0. The summed E-state index contributed by atoms with van der Waals surface area (Å²) in [7, 11) is -9.90. The zero-order valence-electron chi connectivity index (χ0n) is 60.0. The highest BCUT2D eigenvalue weighted by Crippen LogP contribution is 2.45. The zero-order valence-corrected chi connectivity index (χ0v) is 61.8. The molecule has 19 heteroatoms. The summed E-state index contributed by atoms with van der Waals surface area (Å²) in [6, 6.07) is 0. The maximum absolute atomic E-state index is 13.1. The Morgan fingerprint density at radius 3 is 0.739 bits per heavy atom. The van der Waals surface area contributed by atoms with Crippen molar-refractivity contribution in [1.82, 2.24) is 0 Å². The van der Waals surface area contributed by atoms with E-state index in [2.05, 4.69) is 48.5 Å². The number of aliphatic hydroxyl groups is 1. The van der Waals surface area contributed by atoms with Crippen LogP contribution < -0.4 is 0 Å². The second-order valence-corrected chi connectivity index (χ2v) is 30.7. The molecule has 0 aromatic heterocycles. The topological polar surface area (TPSA) is 237 Å². The third kappa shape index (κ3) is 66.7. The van der Waals surface area contributed by atoms with Crippen molar-refractivity contribution in [3.63, 3.8) is 0 Å². The average Bonchev–Trinajstić information content (AvgIpc) is 2.70. The van der Waals surface area contributed by atoms with Gasteiger partial charge in [0.2, 0.25) is 0 Å². The van der Waals surface area contributed by atoms with E-state index in [1.165, 1.54) is 173 Å². The molecule has 0 fully saturated rings.